The standard InChI is InChI=1S/C16H22N2O7/c1-4-24-15(20)8-11-7-14(18(22)23)12(9-16(21)25-5-2)6-13(11)17-10(3)19/h6-7,18,22H,4-5,8-9H2,1-3H3,(H,17,19). The Bertz CT molecular complexity index is 644. The van der Waals surface area contributed by atoms with E-state index in [4.69, 9.17) is 9.47 Å². The average Bonchev–Trinajstić information content (AvgIpc) is 2.49. The highest BCUT2D eigenvalue weighted by molar-refractivity contribution is 5.91. The minimum atomic E-state index is -1.25. The first-order valence-corrected chi connectivity index (χ1v) is 7.76. The van der Waals surface area contributed by atoms with Crippen LogP contribution in [0.4, 0.5) is 11.4 Å². The molecular weight excluding hydrogens is 332 g/mol. The molecule has 0 radical (unpaired) electrons. The molecule has 9 nitrogen and oxygen atoms in total. The number of amides is 1. The van der Waals surface area contributed by atoms with Gasteiger partial charge in [-0.3, -0.25) is 14.4 Å². The van der Waals surface area contributed by atoms with Gasteiger partial charge in [0.1, 0.15) is 0 Å². The molecule has 1 aromatic rings. The van der Waals surface area contributed by atoms with Gasteiger partial charge in [0.25, 0.3) is 0 Å². The van der Waals surface area contributed by atoms with Crippen molar-refractivity contribution < 1.29 is 34.3 Å². The molecule has 0 aliphatic carbocycles. The molecule has 0 saturated carbocycles. The van der Waals surface area contributed by atoms with Crippen LogP contribution in [0, 0.1) is 5.21 Å². The lowest BCUT2D eigenvalue weighted by Crippen LogP contribution is -2.99. The van der Waals surface area contributed by atoms with Crippen LogP contribution < -0.4 is 10.5 Å². The van der Waals surface area contributed by atoms with Crippen molar-refractivity contribution in [2.45, 2.75) is 33.6 Å². The lowest BCUT2D eigenvalue weighted by Gasteiger charge is -2.19. The second kappa shape index (κ2) is 9.72. The Labute approximate surface area is 145 Å². The summed E-state index contributed by atoms with van der Waals surface area (Å²) in [5.74, 6) is -1.53. The highest BCUT2D eigenvalue weighted by Crippen LogP contribution is 2.25. The Morgan fingerprint density at radius 1 is 1.08 bits per heavy atom. The van der Waals surface area contributed by atoms with E-state index in [2.05, 4.69) is 5.32 Å². The second-order valence-corrected chi connectivity index (χ2v) is 5.12. The maximum absolute atomic E-state index is 11.7. The fourth-order valence-corrected chi connectivity index (χ4v) is 2.22. The predicted molar refractivity (Wildman–Crippen MR) is 87.2 cm³/mol. The third kappa shape index (κ3) is 6.49. The number of esters is 2. The number of carbonyl (C=O) groups is 3. The Hall–Kier alpha value is -2.49. The highest BCUT2D eigenvalue weighted by atomic mass is 16.8. The van der Waals surface area contributed by atoms with Gasteiger partial charge >= 0.3 is 11.9 Å². The normalized spacial score (nSPS) is 11.6. The number of anilines is 1. The molecule has 25 heavy (non-hydrogen) atoms. The summed E-state index contributed by atoms with van der Waals surface area (Å²) in [6.07, 6.45) is -0.467. The number of benzene rings is 1. The molecule has 1 rings (SSSR count). The molecule has 1 atom stereocenters. The van der Waals surface area contributed by atoms with E-state index in [-0.39, 0.29) is 43.0 Å². The van der Waals surface area contributed by atoms with E-state index in [0.717, 1.165) is 0 Å². The van der Waals surface area contributed by atoms with Crippen LogP contribution in [0.2, 0.25) is 0 Å². The summed E-state index contributed by atoms with van der Waals surface area (Å²) in [5.41, 5.74) is 0.590. The van der Waals surface area contributed by atoms with Crippen molar-refractivity contribution in [3.05, 3.63) is 28.5 Å². The van der Waals surface area contributed by atoms with Gasteiger partial charge < -0.3 is 20.0 Å². The summed E-state index contributed by atoms with van der Waals surface area (Å²) in [5, 5.41) is 22.2. The number of ether oxygens (including phenoxy) is 2. The Morgan fingerprint density at radius 3 is 2.04 bits per heavy atom. The monoisotopic (exact) mass is 354 g/mol. The molecule has 138 valence electrons. The first-order chi connectivity index (χ1) is 11.8. The van der Waals surface area contributed by atoms with Crippen molar-refractivity contribution in [3.63, 3.8) is 0 Å². The van der Waals surface area contributed by atoms with E-state index < -0.39 is 23.1 Å². The Kier molecular flexibility index (Phi) is 7.99. The molecule has 3 N–H and O–H groups in total. The van der Waals surface area contributed by atoms with Crippen LogP contribution in [0.5, 0.6) is 0 Å². The second-order valence-electron chi connectivity index (χ2n) is 5.12. The van der Waals surface area contributed by atoms with Crippen LogP contribution >= 0.6 is 0 Å². The molecule has 0 saturated heterocycles. The molecule has 1 unspecified atom stereocenters. The first kappa shape index (κ1) is 20.6. The molecule has 1 amide bonds. The Morgan fingerprint density at radius 2 is 1.60 bits per heavy atom. The molecule has 0 aromatic heterocycles. The zero-order valence-corrected chi connectivity index (χ0v) is 14.4. The SMILES string of the molecule is CCOC(=O)Cc1cc([NH+]([O-])O)c(CC(=O)OCC)cc1NC(C)=O. The summed E-state index contributed by atoms with van der Waals surface area (Å²) in [7, 11) is 0. The van der Waals surface area contributed by atoms with E-state index in [1.807, 2.05) is 0 Å². The van der Waals surface area contributed by atoms with E-state index in [1.165, 1.54) is 19.1 Å². The van der Waals surface area contributed by atoms with Gasteiger partial charge in [0, 0.05) is 24.2 Å². The average molecular weight is 354 g/mol. The zero-order chi connectivity index (χ0) is 19.0. The van der Waals surface area contributed by atoms with Crippen molar-refractivity contribution >= 4 is 29.2 Å². The third-order valence-corrected chi connectivity index (χ3v) is 3.15. The minimum absolute atomic E-state index is 0.138. The summed E-state index contributed by atoms with van der Waals surface area (Å²) < 4.78 is 9.69. The number of nitrogens with one attached hydrogen (secondary N) is 2. The van der Waals surface area contributed by atoms with Crippen molar-refractivity contribution in [2.24, 2.45) is 0 Å². The molecule has 0 bridgehead atoms. The summed E-state index contributed by atoms with van der Waals surface area (Å²) in [6.45, 7) is 4.92. The maximum atomic E-state index is 11.7. The van der Waals surface area contributed by atoms with Gasteiger partial charge in [-0.25, -0.2) is 5.21 Å². The van der Waals surface area contributed by atoms with Crippen molar-refractivity contribution in [1.82, 2.24) is 0 Å². The van der Waals surface area contributed by atoms with Gasteiger partial charge in [-0.05, 0) is 25.5 Å². The van der Waals surface area contributed by atoms with E-state index in [1.54, 1.807) is 13.8 Å². The summed E-state index contributed by atoms with van der Waals surface area (Å²) in [4.78, 5) is 34.8. The van der Waals surface area contributed by atoms with Gasteiger partial charge in [0.05, 0.1) is 26.1 Å². The minimum Gasteiger partial charge on any atom is -0.595 e. The predicted octanol–water partition coefficient (Wildman–Crippen LogP) is 0.260. The lowest BCUT2D eigenvalue weighted by molar-refractivity contribution is -0.991. The van der Waals surface area contributed by atoms with Crippen LogP contribution in [-0.4, -0.2) is 36.3 Å². The molecule has 0 aliphatic heterocycles. The summed E-state index contributed by atoms with van der Waals surface area (Å²) >= 11 is 0. The summed E-state index contributed by atoms with van der Waals surface area (Å²) in [6, 6.07) is 2.63. The molecule has 0 spiro atoms. The highest BCUT2D eigenvalue weighted by Gasteiger charge is 2.20. The van der Waals surface area contributed by atoms with Crippen LogP contribution in [0.25, 0.3) is 0 Å². The van der Waals surface area contributed by atoms with Crippen LogP contribution in [0.15, 0.2) is 12.1 Å². The van der Waals surface area contributed by atoms with Gasteiger partial charge in [-0.1, -0.05) is 0 Å². The van der Waals surface area contributed by atoms with Gasteiger partial charge in [-0.15, -0.1) is 0 Å². The lowest BCUT2D eigenvalue weighted by atomic mass is 10.0. The van der Waals surface area contributed by atoms with Crippen molar-refractivity contribution in [1.29, 1.82) is 0 Å². The fraction of sp³-hybridized carbons (Fsp3) is 0.438. The fourth-order valence-electron chi connectivity index (χ4n) is 2.22. The number of quaternary nitrogens is 1. The zero-order valence-electron chi connectivity index (χ0n) is 14.4. The number of hydrogen-bond donors (Lipinski definition) is 3. The molecule has 9 heteroatoms. The molecule has 0 heterocycles. The van der Waals surface area contributed by atoms with E-state index >= 15 is 0 Å². The van der Waals surface area contributed by atoms with Crippen LogP contribution in [0.3, 0.4) is 0 Å². The molecule has 0 aliphatic rings. The van der Waals surface area contributed by atoms with Crippen molar-refractivity contribution in [3.8, 4) is 0 Å². The molecule has 0 fully saturated rings. The van der Waals surface area contributed by atoms with E-state index in [0.29, 0.717) is 5.56 Å². The molecular formula is C16H22N2O7. The van der Waals surface area contributed by atoms with E-state index in [9.17, 15) is 24.8 Å². The number of hydrogen-bond acceptors (Lipinski definition) is 7. The molecule has 1 aromatic carbocycles. The third-order valence-electron chi connectivity index (χ3n) is 3.15. The largest absolute Gasteiger partial charge is 0.595 e. The number of rotatable bonds is 8. The van der Waals surface area contributed by atoms with Crippen LogP contribution in [0.1, 0.15) is 31.9 Å². The number of carbonyl (C=O) groups excluding carboxylic acids is 3. The Balaban J connectivity index is 3.30. The first-order valence-electron chi connectivity index (χ1n) is 7.76. The maximum Gasteiger partial charge on any atom is 0.310 e. The smallest absolute Gasteiger partial charge is 0.310 e. The van der Waals surface area contributed by atoms with Gasteiger partial charge in [-0.2, -0.15) is 5.23 Å². The van der Waals surface area contributed by atoms with Crippen LogP contribution in [-0.2, 0) is 36.7 Å². The topological polar surface area (TPSA) is 129 Å². The van der Waals surface area contributed by atoms with Gasteiger partial charge in [0.15, 0.2) is 5.69 Å². The van der Waals surface area contributed by atoms with Gasteiger partial charge in [0.2, 0.25) is 5.91 Å². The van der Waals surface area contributed by atoms with Crippen molar-refractivity contribution in [2.75, 3.05) is 18.5 Å². The quantitative estimate of drug-likeness (QED) is 0.451.